The second-order valence-corrected chi connectivity index (χ2v) is 2.77. The van der Waals surface area contributed by atoms with Gasteiger partial charge in [-0.3, -0.25) is 4.79 Å². The third-order valence-electron chi connectivity index (χ3n) is 1.34. The fourth-order valence-corrected chi connectivity index (χ4v) is 1.30. The fourth-order valence-electron chi connectivity index (χ4n) is 0.776. The van der Waals surface area contributed by atoms with Crippen molar-refractivity contribution in [3.05, 3.63) is 48.2 Å². The molecule has 0 aliphatic carbocycles. The van der Waals surface area contributed by atoms with Crippen LogP contribution in [0.25, 0.3) is 0 Å². The van der Waals surface area contributed by atoms with Gasteiger partial charge in [0.1, 0.15) is 5.75 Å². The maximum absolute atomic E-state index is 10.4. The van der Waals surface area contributed by atoms with E-state index >= 15 is 0 Å². The van der Waals surface area contributed by atoms with Crippen molar-refractivity contribution >= 4 is 22.2 Å². The van der Waals surface area contributed by atoms with Gasteiger partial charge in [0.2, 0.25) is 0 Å². The Balaban J connectivity index is -0.000000123. The van der Waals surface area contributed by atoms with Gasteiger partial charge >= 0.3 is 33.9 Å². The second-order valence-electron chi connectivity index (χ2n) is 1.98. The molecule has 18 heavy (non-hydrogen) atoms. The Morgan fingerprint density at radius 1 is 1.17 bits per heavy atom. The Labute approximate surface area is 124 Å². The first kappa shape index (κ1) is 25.7. The Hall–Kier alpha value is -1.08. The summed E-state index contributed by atoms with van der Waals surface area (Å²) in [6.45, 7) is 13.5. The number of benzene rings is 1. The van der Waals surface area contributed by atoms with Crippen LogP contribution in [-0.4, -0.2) is 13.4 Å². The van der Waals surface area contributed by atoms with Crippen LogP contribution in [0.2, 0.25) is 0 Å². The van der Waals surface area contributed by atoms with Crippen molar-refractivity contribution in [2.24, 2.45) is 0 Å². The maximum Gasteiger partial charge on any atom is 0 e. The van der Waals surface area contributed by atoms with Gasteiger partial charge in [-0.05, 0) is 22.0 Å². The van der Waals surface area contributed by atoms with Crippen LogP contribution < -0.4 is 4.74 Å². The first-order chi connectivity index (χ1) is 8.29. The molecule has 0 unspecified atom stereocenters. The van der Waals surface area contributed by atoms with Crippen molar-refractivity contribution in [2.45, 2.75) is 0 Å². The molecule has 0 bridgehead atoms. The van der Waals surface area contributed by atoms with E-state index in [1.54, 1.807) is 25.3 Å². The molecule has 0 aliphatic heterocycles. The van der Waals surface area contributed by atoms with Crippen LogP contribution in [-0.2, 0) is 31.3 Å². The molecule has 7 heteroatoms. The average molecular weight is 351 g/mol. The molecule has 0 spiro atoms. The smallest absolute Gasteiger partial charge is 0 e. The zero-order valence-corrected chi connectivity index (χ0v) is 12.0. The first-order valence-corrected chi connectivity index (χ1v) is 4.48. The van der Waals surface area contributed by atoms with Gasteiger partial charge in [0.25, 0.3) is 0 Å². The molecule has 0 atom stereocenters. The molecule has 0 radical (unpaired) electrons. The molecular formula is C11H7BrCrO5. The van der Waals surface area contributed by atoms with Crippen LogP contribution >= 0.6 is 15.9 Å². The van der Waals surface area contributed by atoms with Gasteiger partial charge in [-0.1, -0.05) is 12.1 Å². The van der Waals surface area contributed by atoms with Gasteiger partial charge in [0.15, 0.2) is 6.29 Å². The van der Waals surface area contributed by atoms with Gasteiger partial charge in [0, 0.05) is 22.9 Å². The van der Waals surface area contributed by atoms with Gasteiger partial charge in [-0.2, -0.15) is 0 Å². The van der Waals surface area contributed by atoms with E-state index in [0.29, 0.717) is 15.8 Å². The SMILES string of the molecule is COc1cccc(C=O)c1Br.[C-]#[O+].[C-]#[O+].[C-]#[O+].[Cr]. The van der Waals surface area contributed by atoms with E-state index in [0.717, 1.165) is 6.29 Å². The van der Waals surface area contributed by atoms with Crippen molar-refractivity contribution in [3.63, 3.8) is 0 Å². The summed E-state index contributed by atoms with van der Waals surface area (Å²) in [6.07, 6.45) is 0.784. The molecule has 0 saturated heterocycles. The zero-order valence-electron chi connectivity index (χ0n) is 9.14. The predicted molar refractivity (Wildman–Crippen MR) is 57.9 cm³/mol. The van der Waals surface area contributed by atoms with Crippen molar-refractivity contribution in [2.75, 3.05) is 7.11 Å². The summed E-state index contributed by atoms with van der Waals surface area (Å²) < 4.78 is 28.2. The van der Waals surface area contributed by atoms with Crippen LogP contribution in [0, 0.1) is 20.0 Å². The number of carbonyl (C=O) groups excluding carboxylic acids is 1. The summed E-state index contributed by atoms with van der Waals surface area (Å²) >= 11 is 3.25. The topological polar surface area (TPSA) is 86.0 Å². The van der Waals surface area contributed by atoms with E-state index in [2.05, 4.69) is 35.9 Å². The minimum atomic E-state index is 0. The van der Waals surface area contributed by atoms with Crippen molar-refractivity contribution in [1.82, 2.24) is 0 Å². The number of hydrogen-bond acceptors (Lipinski definition) is 2. The summed E-state index contributed by atoms with van der Waals surface area (Å²) in [6, 6.07) is 5.28. The molecule has 1 rings (SSSR count). The number of ether oxygens (including phenoxy) is 1. The third-order valence-corrected chi connectivity index (χ3v) is 2.19. The third kappa shape index (κ3) is 10.1. The van der Waals surface area contributed by atoms with Crippen molar-refractivity contribution in [3.8, 4) is 5.75 Å². The maximum atomic E-state index is 10.4. The monoisotopic (exact) mass is 350 g/mol. The first-order valence-electron chi connectivity index (χ1n) is 3.68. The van der Waals surface area contributed by atoms with E-state index in [4.69, 9.17) is 18.7 Å². The molecule has 0 heterocycles. The molecule has 5 nitrogen and oxygen atoms in total. The van der Waals surface area contributed by atoms with Gasteiger partial charge in [-0.25, -0.2) is 0 Å². The number of aldehydes is 1. The number of halogens is 1. The summed E-state index contributed by atoms with van der Waals surface area (Å²) in [4.78, 5) is 10.4. The summed E-state index contributed by atoms with van der Waals surface area (Å²) in [5.41, 5.74) is 0.601. The Bertz CT molecular complexity index is 372. The van der Waals surface area contributed by atoms with E-state index in [9.17, 15) is 4.79 Å². The fraction of sp³-hybridized carbons (Fsp3) is 0.0909. The van der Waals surface area contributed by atoms with Crippen LogP contribution in [0.1, 0.15) is 10.4 Å². The standard InChI is InChI=1S/C8H7BrO2.3CO.Cr/c1-11-7-4-2-3-6(5-10)8(7)9;3*1-2;/h2-5H,1H3;;;;. The molecule has 0 aromatic heterocycles. The second kappa shape index (κ2) is 21.2. The largest absolute Gasteiger partial charge is 0 e. The molecule has 0 saturated carbocycles. The van der Waals surface area contributed by atoms with Crippen LogP contribution in [0.4, 0.5) is 0 Å². The predicted octanol–water partition coefficient (Wildman–Crippen LogP) is 2.16. The number of rotatable bonds is 2. The normalized spacial score (nSPS) is 6.00. The molecule has 0 N–H and O–H groups in total. The van der Waals surface area contributed by atoms with E-state index in [-0.39, 0.29) is 17.4 Å². The van der Waals surface area contributed by atoms with E-state index in [1.807, 2.05) is 0 Å². The molecule has 94 valence electrons. The van der Waals surface area contributed by atoms with Crippen LogP contribution in [0.5, 0.6) is 5.75 Å². The van der Waals surface area contributed by atoms with Crippen LogP contribution in [0.3, 0.4) is 0 Å². The minimum absolute atomic E-state index is 0. The Morgan fingerprint density at radius 3 is 1.94 bits per heavy atom. The number of carbonyl (C=O) groups is 1. The number of methoxy groups -OCH3 is 1. The zero-order chi connectivity index (χ0) is 14.3. The Morgan fingerprint density at radius 2 is 1.61 bits per heavy atom. The molecule has 1 aromatic carbocycles. The molecule has 0 fully saturated rings. The van der Waals surface area contributed by atoms with Crippen molar-refractivity contribution < 1.29 is 40.8 Å². The van der Waals surface area contributed by atoms with Gasteiger partial charge in [0.05, 0.1) is 11.6 Å². The number of hydrogen-bond donors (Lipinski definition) is 0. The summed E-state index contributed by atoms with van der Waals surface area (Å²) in [5.74, 6) is 0.676. The molecular weight excluding hydrogens is 344 g/mol. The minimum Gasteiger partial charge on any atom is 0 e. The van der Waals surface area contributed by atoms with Crippen molar-refractivity contribution in [1.29, 1.82) is 0 Å². The van der Waals surface area contributed by atoms with Gasteiger partial charge < -0.3 is 4.74 Å². The molecule has 0 amide bonds. The summed E-state index contributed by atoms with van der Waals surface area (Å²) in [5, 5.41) is 0. The van der Waals surface area contributed by atoms with Gasteiger partial charge in [-0.15, -0.1) is 0 Å². The van der Waals surface area contributed by atoms with E-state index < -0.39 is 0 Å². The van der Waals surface area contributed by atoms with E-state index in [1.165, 1.54) is 0 Å². The Kier molecular flexibility index (Phi) is 30.3. The molecule has 1 aromatic rings. The molecule has 0 aliphatic rings. The summed E-state index contributed by atoms with van der Waals surface area (Å²) in [7, 11) is 1.56. The van der Waals surface area contributed by atoms with Crippen LogP contribution in [0.15, 0.2) is 22.7 Å². The quantitative estimate of drug-likeness (QED) is 0.465. The average Bonchev–Trinajstić information content (AvgIpc) is 2.45.